The SMILES string of the molecule is COC[C@@H]1CCCN1C(=O)C1=CN(C)C=C(C(=O)C(Cl)(Cl)Cl)[C@H]1c1ccccc1. The lowest BCUT2D eigenvalue weighted by Crippen LogP contribution is -2.42. The van der Waals surface area contributed by atoms with Crippen LogP contribution in [0.3, 0.4) is 0 Å². The molecule has 1 fully saturated rings. The minimum Gasteiger partial charge on any atom is -0.383 e. The first kappa shape index (κ1) is 22.2. The van der Waals surface area contributed by atoms with Crippen LogP contribution in [0, 0.1) is 0 Å². The van der Waals surface area contributed by atoms with E-state index in [1.165, 1.54) is 0 Å². The van der Waals surface area contributed by atoms with Gasteiger partial charge in [-0.05, 0) is 18.4 Å². The lowest BCUT2D eigenvalue weighted by molar-refractivity contribution is -0.129. The Kier molecular flexibility index (Phi) is 6.94. The molecule has 1 amide bonds. The molecule has 2 aliphatic rings. The molecule has 156 valence electrons. The van der Waals surface area contributed by atoms with Crippen LogP contribution in [0.1, 0.15) is 24.3 Å². The molecule has 1 aromatic carbocycles. The fourth-order valence-electron chi connectivity index (χ4n) is 3.96. The number of benzene rings is 1. The summed E-state index contributed by atoms with van der Waals surface area (Å²) in [6.45, 7) is 1.12. The number of carbonyl (C=O) groups excluding carboxylic acids is 2. The van der Waals surface area contributed by atoms with Crippen LogP contribution in [0.25, 0.3) is 0 Å². The normalized spacial score (nSPS) is 22.4. The van der Waals surface area contributed by atoms with Gasteiger partial charge in [0.2, 0.25) is 5.78 Å². The van der Waals surface area contributed by atoms with Crippen LogP contribution in [0.5, 0.6) is 0 Å². The average molecular weight is 458 g/mol. The third-order valence-corrected chi connectivity index (χ3v) is 5.72. The summed E-state index contributed by atoms with van der Waals surface area (Å²) >= 11 is 17.8. The van der Waals surface area contributed by atoms with Gasteiger partial charge in [0.1, 0.15) is 0 Å². The average Bonchev–Trinajstić information content (AvgIpc) is 3.14. The number of methoxy groups -OCH3 is 1. The van der Waals surface area contributed by atoms with Crippen LogP contribution >= 0.6 is 34.8 Å². The van der Waals surface area contributed by atoms with E-state index in [-0.39, 0.29) is 17.5 Å². The molecule has 2 heterocycles. The number of hydrogen-bond acceptors (Lipinski definition) is 4. The number of carbonyl (C=O) groups is 2. The van der Waals surface area contributed by atoms with Gasteiger partial charge in [-0.25, -0.2) is 0 Å². The number of hydrogen-bond donors (Lipinski definition) is 0. The van der Waals surface area contributed by atoms with Crippen molar-refractivity contribution < 1.29 is 14.3 Å². The van der Waals surface area contributed by atoms with Gasteiger partial charge in [0, 0.05) is 50.2 Å². The molecule has 0 aliphatic carbocycles. The maximum atomic E-state index is 13.6. The van der Waals surface area contributed by atoms with Crippen molar-refractivity contribution in [1.82, 2.24) is 9.80 Å². The first-order valence-electron chi connectivity index (χ1n) is 9.35. The van der Waals surface area contributed by atoms with Gasteiger partial charge in [0.25, 0.3) is 9.70 Å². The third kappa shape index (κ3) is 4.80. The zero-order chi connectivity index (χ0) is 21.2. The molecule has 0 bridgehead atoms. The van der Waals surface area contributed by atoms with Crippen LogP contribution in [0.4, 0.5) is 0 Å². The molecule has 2 atom stereocenters. The van der Waals surface area contributed by atoms with E-state index < -0.39 is 15.5 Å². The number of ether oxygens (including phenoxy) is 1. The number of halogens is 3. The molecule has 29 heavy (non-hydrogen) atoms. The van der Waals surface area contributed by atoms with Crippen LogP contribution in [0.2, 0.25) is 0 Å². The first-order chi connectivity index (χ1) is 13.7. The van der Waals surface area contributed by atoms with E-state index in [0.717, 1.165) is 18.4 Å². The topological polar surface area (TPSA) is 49.9 Å². The minimum absolute atomic E-state index is 0.00774. The van der Waals surface area contributed by atoms with Gasteiger partial charge in [-0.2, -0.15) is 0 Å². The number of ketones is 1. The molecule has 0 aromatic heterocycles. The number of likely N-dealkylation sites (tertiary alicyclic amines) is 1. The maximum absolute atomic E-state index is 13.6. The molecule has 0 unspecified atom stereocenters. The lowest BCUT2D eigenvalue weighted by atomic mass is 9.81. The molecule has 0 spiro atoms. The molecule has 1 aromatic rings. The summed E-state index contributed by atoms with van der Waals surface area (Å²) in [5.41, 5.74) is 1.53. The summed E-state index contributed by atoms with van der Waals surface area (Å²) < 4.78 is 3.17. The molecular weight excluding hydrogens is 435 g/mol. The highest BCUT2D eigenvalue weighted by molar-refractivity contribution is 6.77. The summed E-state index contributed by atoms with van der Waals surface area (Å²) in [6.07, 6.45) is 5.16. The first-order valence-corrected chi connectivity index (χ1v) is 10.5. The molecule has 1 saturated heterocycles. The van der Waals surface area contributed by atoms with Crippen molar-refractivity contribution in [3.05, 3.63) is 59.4 Å². The molecule has 0 radical (unpaired) electrons. The summed E-state index contributed by atoms with van der Waals surface area (Å²) in [6, 6.07) is 9.33. The summed E-state index contributed by atoms with van der Waals surface area (Å²) in [7, 11) is 3.37. The number of nitrogens with zero attached hydrogens (tertiary/aromatic N) is 2. The smallest absolute Gasteiger partial charge is 0.253 e. The van der Waals surface area contributed by atoms with E-state index in [9.17, 15) is 9.59 Å². The fourth-order valence-corrected chi connectivity index (χ4v) is 4.29. The van der Waals surface area contributed by atoms with E-state index in [0.29, 0.717) is 18.7 Å². The van der Waals surface area contributed by atoms with Gasteiger partial charge in [0.05, 0.1) is 12.6 Å². The van der Waals surface area contributed by atoms with Gasteiger partial charge < -0.3 is 14.5 Å². The summed E-state index contributed by atoms with van der Waals surface area (Å²) in [5, 5.41) is 0. The largest absolute Gasteiger partial charge is 0.383 e. The predicted octanol–water partition coefficient (Wildman–Crippen LogP) is 4.06. The van der Waals surface area contributed by atoms with Gasteiger partial charge in [-0.15, -0.1) is 0 Å². The minimum atomic E-state index is -2.11. The second kappa shape index (κ2) is 9.09. The van der Waals surface area contributed by atoms with Crippen molar-refractivity contribution in [2.75, 3.05) is 27.3 Å². The Labute approximate surface area is 185 Å². The standard InChI is InChI=1S/C21H23Cl3N2O3/c1-25-11-16(19(27)21(22,23)24)18(14-7-4-3-5-8-14)17(12-25)20(28)26-10-6-9-15(26)13-29-2/h3-5,7-8,11-12,15,18H,6,9-10,13H2,1-2H3/t15-,18+/m0/s1. The highest BCUT2D eigenvalue weighted by Gasteiger charge is 2.43. The van der Waals surface area contributed by atoms with E-state index in [1.54, 1.807) is 31.5 Å². The zero-order valence-electron chi connectivity index (χ0n) is 16.3. The molecule has 5 nitrogen and oxygen atoms in total. The van der Waals surface area contributed by atoms with E-state index in [1.807, 2.05) is 35.2 Å². The molecular formula is C21H23Cl3N2O3. The Morgan fingerprint density at radius 3 is 2.41 bits per heavy atom. The summed E-state index contributed by atoms with van der Waals surface area (Å²) in [5.74, 6) is -1.39. The number of alkyl halides is 3. The van der Waals surface area contributed by atoms with Crippen molar-refractivity contribution in [1.29, 1.82) is 0 Å². The summed E-state index contributed by atoms with van der Waals surface area (Å²) in [4.78, 5) is 30.0. The Morgan fingerprint density at radius 2 is 1.79 bits per heavy atom. The van der Waals surface area contributed by atoms with Crippen LogP contribution in [0.15, 0.2) is 53.9 Å². The zero-order valence-corrected chi connectivity index (χ0v) is 18.5. The van der Waals surface area contributed by atoms with Crippen molar-refractivity contribution in [2.24, 2.45) is 0 Å². The van der Waals surface area contributed by atoms with Crippen molar-refractivity contribution in [2.45, 2.75) is 28.6 Å². The molecule has 3 rings (SSSR count). The van der Waals surface area contributed by atoms with Gasteiger partial charge in [0.15, 0.2) is 0 Å². The van der Waals surface area contributed by atoms with Gasteiger partial charge >= 0.3 is 0 Å². The van der Waals surface area contributed by atoms with Crippen molar-refractivity contribution in [3.63, 3.8) is 0 Å². The number of allylic oxidation sites excluding steroid dienone is 1. The second-order valence-corrected chi connectivity index (χ2v) is 9.54. The quantitative estimate of drug-likeness (QED) is 0.626. The van der Waals surface area contributed by atoms with Crippen LogP contribution in [-0.4, -0.2) is 58.6 Å². The third-order valence-electron chi connectivity index (χ3n) is 5.20. The Balaban J connectivity index is 2.04. The molecule has 0 saturated carbocycles. The number of amides is 1. The van der Waals surface area contributed by atoms with Crippen LogP contribution in [-0.2, 0) is 14.3 Å². The molecule has 2 aliphatic heterocycles. The maximum Gasteiger partial charge on any atom is 0.253 e. The van der Waals surface area contributed by atoms with E-state index in [2.05, 4.69) is 0 Å². The molecule has 0 N–H and O–H groups in total. The predicted molar refractivity (Wildman–Crippen MR) is 115 cm³/mol. The van der Waals surface area contributed by atoms with Crippen molar-refractivity contribution in [3.8, 4) is 0 Å². The lowest BCUT2D eigenvalue weighted by Gasteiger charge is -2.34. The fraction of sp³-hybridized carbons (Fsp3) is 0.429. The van der Waals surface area contributed by atoms with Gasteiger partial charge in [-0.3, -0.25) is 9.59 Å². The Morgan fingerprint density at radius 1 is 1.14 bits per heavy atom. The van der Waals surface area contributed by atoms with Crippen molar-refractivity contribution >= 4 is 46.5 Å². The number of Topliss-reactive ketones (excluding diaryl/α,β-unsaturated/α-hetero) is 1. The Bertz CT molecular complexity index is 833. The Hall–Kier alpha value is -1.53. The van der Waals surface area contributed by atoms with Gasteiger partial charge in [-0.1, -0.05) is 65.1 Å². The van der Waals surface area contributed by atoms with E-state index in [4.69, 9.17) is 39.5 Å². The highest BCUT2D eigenvalue weighted by atomic mass is 35.6. The highest BCUT2D eigenvalue weighted by Crippen LogP contribution is 2.42. The van der Waals surface area contributed by atoms with E-state index >= 15 is 0 Å². The monoisotopic (exact) mass is 456 g/mol. The number of rotatable bonds is 5. The second-order valence-electron chi connectivity index (χ2n) is 7.25. The molecule has 8 heteroatoms. The van der Waals surface area contributed by atoms with Crippen LogP contribution < -0.4 is 0 Å².